The van der Waals surface area contributed by atoms with Crippen LogP contribution in [0.15, 0.2) is 65.3 Å². The van der Waals surface area contributed by atoms with E-state index in [1.54, 1.807) is 31.4 Å². The van der Waals surface area contributed by atoms with Crippen LogP contribution in [0.5, 0.6) is 5.75 Å². The zero-order valence-electron chi connectivity index (χ0n) is 25.0. The average molecular weight is 617 g/mol. The molecule has 45 heavy (non-hydrogen) atoms. The molecule has 0 fully saturated rings. The minimum atomic E-state index is -1.21. The van der Waals surface area contributed by atoms with Crippen LogP contribution in [0.4, 0.5) is 0 Å². The first-order valence-corrected chi connectivity index (χ1v) is 14.8. The highest BCUT2D eigenvalue weighted by Gasteiger charge is 2.30. The molecular weight excluding hydrogens is 580 g/mol. The van der Waals surface area contributed by atoms with Gasteiger partial charge in [-0.15, -0.1) is 0 Å². The molecule has 2 bridgehead atoms. The van der Waals surface area contributed by atoms with Gasteiger partial charge in [0.05, 0.1) is 13.2 Å². The van der Waals surface area contributed by atoms with Crippen molar-refractivity contribution in [3.8, 4) is 5.75 Å². The molecule has 0 unspecified atom stereocenters. The van der Waals surface area contributed by atoms with Gasteiger partial charge in [-0.25, -0.2) is 4.98 Å². The number of aliphatic hydroxyl groups excluding tert-OH is 1. The van der Waals surface area contributed by atoms with E-state index in [-0.39, 0.29) is 36.7 Å². The zero-order chi connectivity index (χ0) is 31.9. The summed E-state index contributed by atoms with van der Waals surface area (Å²) in [6.07, 6.45) is 1.47. The Morgan fingerprint density at radius 1 is 1.09 bits per heavy atom. The topological polar surface area (TPSA) is 188 Å². The van der Waals surface area contributed by atoms with Crippen LogP contribution in [-0.4, -0.2) is 70.5 Å². The summed E-state index contributed by atoms with van der Waals surface area (Å²) in [7, 11) is 1.56. The second-order valence-electron chi connectivity index (χ2n) is 11.0. The molecule has 0 radical (unpaired) electrons. The van der Waals surface area contributed by atoms with Crippen LogP contribution in [0.1, 0.15) is 64.7 Å². The Labute approximate surface area is 259 Å². The maximum atomic E-state index is 13.8. The molecule has 4 aromatic rings. The minimum Gasteiger partial charge on any atom is -0.497 e. The van der Waals surface area contributed by atoms with Gasteiger partial charge in [-0.1, -0.05) is 30.3 Å². The lowest BCUT2D eigenvalue weighted by molar-refractivity contribution is -0.125. The van der Waals surface area contributed by atoms with Crippen molar-refractivity contribution in [1.82, 2.24) is 31.2 Å². The summed E-state index contributed by atoms with van der Waals surface area (Å²) in [6.45, 7) is 1.63. The quantitative estimate of drug-likeness (QED) is 0.190. The molecular formula is C32H36N6O7. The molecule has 5 rings (SSSR count). The van der Waals surface area contributed by atoms with E-state index in [0.29, 0.717) is 18.6 Å². The molecule has 4 atom stereocenters. The van der Waals surface area contributed by atoms with E-state index in [4.69, 9.17) is 9.15 Å². The third-order valence-corrected chi connectivity index (χ3v) is 7.62. The molecule has 4 amide bonds. The fourth-order valence-electron chi connectivity index (χ4n) is 5.15. The third kappa shape index (κ3) is 7.68. The number of ether oxygens (including phenoxy) is 1. The number of benzene rings is 2. The molecule has 0 spiro atoms. The molecule has 6 N–H and O–H groups in total. The van der Waals surface area contributed by atoms with Gasteiger partial charge in [0, 0.05) is 23.9 Å². The SMILES string of the molecule is COc1ccc2[nH]c(C(=O)N[C@H]3CCCCNC(=O)[C@H]([C@@H](C)O)NC(=O)c4coc(n4)[C@H](Cc4ccccc4)NC3=O)cc2c1. The summed E-state index contributed by atoms with van der Waals surface area (Å²) < 4.78 is 10.9. The Morgan fingerprint density at radius 2 is 1.89 bits per heavy atom. The van der Waals surface area contributed by atoms with E-state index in [2.05, 4.69) is 31.2 Å². The molecule has 2 aromatic heterocycles. The fraction of sp³-hybridized carbons (Fsp3) is 0.344. The van der Waals surface area contributed by atoms with Gasteiger partial charge in [0.15, 0.2) is 5.69 Å². The van der Waals surface area contributed by atoms with E-state index in [0.717, 1.165) is 22.7 Å². The predicted molar refractivity (Wildman–Crippen MR) is 163 cm³/mol. The number of aliphatic hydroxyl groups is 1. The van der Waals surface area contributed by atoms with E-state index in [1.807, 2.05) is 30.3 Å². The molecule has 3 heterocycles. The van der Waals surface area contributed by atoms with Crippen LogP contribution in [-0.2, 0) is 16.0 Å². The van der Waals surface area contributed by atoms with Crippen molar-refractivity contribution >= 4 is 34.5 Å². The van der Waals surface area contributed by atoms with Crippen molar-refractivity contribution in [3.63, 3.8) is 0 Å². The molecule has 2 aromatic carbocycles. The van der Waals surface area contributed by atoms with Gasteiger partial charge in [-0.2, -0.15) is 0 Å². The fourth-order valence-corrected chi connectivity index (χ4v) is 5.15. The lowest BCUT2D eigenvalue weighted by Gasteiger charge is -2.23. The number of H-pyrrole nitrogens is 1. The molecule has 236 valence electrons. The van der Waals surface area contributed by atoms with Crippen LogP contribution in [0.3, 0.4) is 0 Å². The molecule has 13 heteroatoms. The van der Waals surface area contributed by atoms with E-state index < -0.39 is 47.9 Å². The average Bonchev–Trinajstić information content (AvgIpc) is 3.70. The van der Waals surface area contributed by atoms with Crippen LogP contribution in [0, 0.1) is 0 Å². The number of methoxy groups -OCH3 is 1. The maximum absolute atomic E-state index is 13.8. The van der Waals surface area contributed by atoms with Gasteiger partial charge < -0.3 is 40.5 Å². The molecule has 1 aliphatic rings. The Morgan fingerprint density at radius 3 is 2.64 bits per heavy atom. The van der Waals surface area contributed by atoms with Crippen LogP contribution >= 0.6 is 0 Å². The summed E-state index contributed by atoms with van der Waals surface area (Å²) in [6, 6.07) is 13.5. The number of hydrogen-bond donors (Lipinski definition) is 6. The zero-order valence-corrected chi connectivity index (χ0v) is 25.0. The van der Waals surface area contributed by atoms with Gasteiger partial charge in [-0.3, -0.25) is 19.2 Å². The number of hydrogen-bond acceptors (Lipinski definition) is 8. The monoisotopic (exact) mass is 616 g/mol. The summed E-state index contributed by atoms with van der Waals surface area (Å²) in [4.78, 5) is 60.3. The Balaban J connectivity index is 1.43. The smallest absolute Gasteiger partial charge is 0.273 e. The second kappa shape index (κ2) is 14.1. The number of oxazole rings is 1. The normalized spacial score (nSPS) is 20.5. The van der Waals surface area contributed by atoms with Crippen LogP contribution < -0.4 is 26.0 Å². The van der Waals surface area contributed by atoms with Crippen molar-refractivity contribution in [2.75, 3.05) is 13.7 Å². The van der Waals surface area contributed by atoms with E-state index in [1.165, 1.54) is 6.92 Å². The number of nitrogens with zero attached hydrogens (tertiary/aromatic N) is 1. The first-order chi connectivity index (χ1) is 21.7. The molecule has 0 aliphatic carbocycles. The summed E-state index contributed by atoms with van der Waals surface area (Å²) in [5, 5.41) is 22.0. The van der Waals surface area contributed by atoms with Gasteiger partial charge in [0.2, 0.25) is 17.7 Å². The van der Waals surface area contributed by atoms with Crippen molar-refractivity contribution in [1.29, 1.82) is 0 Å². The van der Waals surface area contributed by atoms with Gasteiger partial charge in [-0.05, 0) is 56.0 Å². The van der Waals surface area contributed by atoms with Crippen molar-refractivity contribution in [2.45, 2.75) is 56.8 Å². The Kier molecular flexibility index (Phi) is 9.78. The van der Waals surface area contributed by atoms with Gasteiger partial charge >= 0.3 is 0 Å². The molecule has 0 saturated carbocycles. The standard InChI is InChI=1S/C32H36N6O7/c1-18(39)27-31(43)33-13-7-6-10-23(35-29(41)24-16-20-15-21(44-2)11-12-22(20)34-24)28(40)36-25(14-19-8-4-3-5-9-19)32-37-26(17-45-32)30(42)38-27/h3-5,8-9,11-12,15-18,23,25,27,34,39H,6-7,10,13-14H2,1-2H3,(H,33,43)(H,35,41)(H,36,40)(H,38,42)/t18-,23+,25+,27+/m1/s1. The van der Waals surface area contributed by atoms with E-state index >= 15 is 0 Å². The summed E-state index contributed by atoms with van der Waals surface area (Å²) >= 11 is 0. The second-order valence-corrected chi connectivity index (χ2v) is 11.0. The van der Waals surface area contributed by atoms with Crippen molar-refractivity contribution in [3.05, 3.63) is 83.7 Å². The third-order valence-electron chi connectivity index (χ3n) is 7.62. The first-order valence-electron chi connectivity index (χ1n) is 14.8. The largest absolute Gasteiger partial charge is 0.497 e. The molecule has 13 nitrogen and oxygen atoms in total. The van der Waals surface area contributed by atoms with Crippen molar-refractivity contribution in [2.24, 2.45) is 0 Å². The Bertz CT molecular complexity index is 1660. The number of rotatable bonds is 6. The summed E-state index contributed by atoms with van der Waals surface area (Å²) in [5.74, 6) is -1.50. The minimum absolute atomic E-state index is 0.0668. The number of carbonyl (C=O) groups is 4. The first kappa shape index (κ1) is 31.3. The van der Waals surface area contributed by atoms with Gasteiger partial charge in [0.1, 0.15) is 35.8 Å². The number of nitrogens with one attached hydrogen (secondary N) is 5. The highest BCUT2D eigenvalue weighted by atomic mass is 16.5. The lowest BCUT2D eigenvalue weighted by atomic mass is 10.0. The Hall–Kier alpha value is -5.17. The van der Waals surface area contributed by atoms with Crippen LogP contribution in [0.2, 0.25) is 0 Å². The maximum Gasteiger partial charge on any atom is 0.273 e. The highest BCUT2D eigenvalue weighted by molar-refractivity contribution is 6.00. The number of aromatic nitrogens is 2. The molecule has 1 aliphatic heterocycles. The number of amides is 4. The molecule has 0 saturated heterocycles. The van der Waals surface area contributed by atoms with Crippen LogP contribution in [0.25, 0.3) is 10.9 Å². The number of fused-ring (bicyclic) bond motifs is 3. The predicted octanol–water partition coefficient (Wildman–Crippen LogP) is 2.14. The van der Waals surface area contributed by atoms with Gasteiger partial charge in [0.25, 0.3) is 11.8 Å². The number of aromatic amines is 1. The number of carbonyl (C=O) groups excluding carboxylic acids is 4. The highest BCUT2D eigenvalue weighted by Crippen LogP contribution is 2.22. The summed E-state index contributed by atoms with van der Waals surface area (Å²) in [5.41, 5.74) is 1.77. The van der Waals surface area contributed by atoms with Crippen molar-refractivity contribution < 1.29 is 33.4 Å². The van der Waals surface area contributed by atoms with E-state index in [9.17, 15) is 24.3 Å². The lowest BCUT2D eigenvalue weighted by Crippen LogP contribution is -2.52.